The lowest BCUT2D eigenvalue weighted by Gasteiger charge is -2.40. The van der Waals surface area contributed by atoms with Crippen LogP contribution in [0.25, 0.3) is 0 Å². The van der Waals surface area contributed by atoms with Crippen LogP contribution in [0.3, 0.4) is 0 Å². The van der Waals surface area contributed by atoms with E-state index in [9.17, 15) is 19.2 Å². The number of carbonyl (C=O) groups excluding carboxylic acids is 4. The summed E-state index contributed by atoms with van der Waals surface area (Å²) in [6.07, 6.45) is -1.73. The number of piperidine rings is 2. The number of aromatic nitrogens is 3. The number of alkyl carbamates (subject to hydrolysis) is 4. The summed E-state index contributed by atoms with van der Waals surface area (Å²) in [5.41, 5.74) is 4.27. The van der Waals surface area contributed by atoms with Crippen molar-refractivity contribution in [3.05, 3.63) is 24.3 Å². The van der Waals surface area contributed by atoms with Crippen LogP contribution in [-0.4, -0.2) is 112 Å². The Hall–Kier alpha value is -5.49. The van der Waals surface area contributed by atoms with Gasteiger partial charge in [-0.15, -0.1) is 0 Å². The van der Waals surface area contributed by atoms with E-state index >= 15 is 0 Å². The van der Waals surface area contributed by atoms with Crippen molar-refractivity contribution in [1.82, 2.24) is 36.2 Å². The topological polar surface area (TPSA) is 237 Å². The summed E-state index contributed by atoms with van der Waals surface area (Å²) >= 11 is 0. The molecular formula is C39H63N11O8. The van der Waals surface area contributed by atoms with Crippen molar-refractivity contribution in [1.29, 1.82) is 0 Å². The third-order valence-corrected chi connectivity index (χ3v) is 8.10. The predicted octanol–water partition coefficient (Wildman–Crippen LogP) is 5.19. The zero-order valence-electron chi connectivity index (χ0n) is 35.9. The molecule has 19 heteroatoms. The number of amides is 4. The number of hydrogen-bond donors (Lipinski definition) is 6. The van der Waals surface area contributed by atoms with Crippen molar-refractivity contribution in [2.24, 2.45) is 0 Å². The largest absolute Gasteiger partial charge is 0.444 e. The number of rotatable bonds is 8. The van der Waals surface area contributed by atoms with E-state index < -0.39 is 70.9 Å². The van der Waals surface area contributed by atoms with Crippen LogP contribution >= 0.6 is 0 Å². The van der Waals surface area contributed by atoms with E-state index in [1.807, 2.05) is 15.9 Å². The van der Waals surface area contributed by atoms with E-state index in [2.05, 4.69) is 26.6 Å². The Balaban J connectivity index is 1.74. The summed E-state index contributed by atoms with van der Waals surface area (Å²) in [6.45, 7) is 22.3. The van der Waals surface area contributed by atoms with Gasteiger partial charge in [0.15, 0.2) is 0 Å². The Kier molecular flexibility index (Phi) is 14.0. The number of nitrogens with two attached hydrogens (primary N) is 1. The van der Waals surface area contributed by atoms with Crippen LogP contribution in [-0.2, 0) is 18.9 Å². The van der Waals surface area contributed by atoms with Crippen LogP contribution in [0, 0.1) is 0 Å². The maximum atomic E-state index is 13.0. The van der Waals surface area contributed by atoms with Crippen LogP contribution in [0.5, 0.6) is 0 Å². The van der Waals surface area contributed by atoms with Gasteiger partial charge < -0.3 is 61.1 Å². The molecule has 2 fully saturated rings. The first-order valence-electron chi connectivity index (χ1n) is 19.5. The molecule has 2 aliphatic heterocycles. The number of nitrogen functional groups attached to an aromatic ring is 1. The van der Waals surface area contributed by atoms with Gasteiger partial charge in [0.25, 0.3) is 0 Å². The Morgan fingerprint density at radius 3 is 1.19 bits per heavy atom. The maximum absolute atomic E-state index is 13.0. The number of nitrogens with zero attached hydrogens (tertiary/aromatic N) is 5. The number of nitrogens with one attached hydrogen (secondary N) is 5. The van der Waals surface area contributed by atoms with Gasteiger partial charge >= 0.3 is 24.4 Å². The Labute approximate surface area is 341 Å². The molecule has 322 valence electrons. The highest BCUT2D eigenvalue weighted by Crippen LogP contribution is 2.26. The Morgan fingerprint density at radius 1 is 0.569 bits per heavy atom. The molecule has 0 aliphatic carbocycles. The molecule has 0 bridgehead atoms. The summed E-state index contributed by atoms with van der Waals surface area (Å²) in [6, 6.07) is 5.06. The highest BCUT2D eigenvalue weighted by Gasteiger charge is 2.36. The first-order chi connectivity index (χ1) is 26.7. The molecule has 58 heavy (non-hydrogen) atoms. The molecule has 0 saturated carbocycles. The molecule has 3 heterocycles. The van der Waals surface area contributed by atoms with E-state index in [1.54, 1.807) is 101 Å². The van der Waals surface area contributed by atoms with Crippen LogP contribution in [0.1, 0.15) is 95.9 Å². The smallest absolute Gasteiger partial charge is 0.407 e. The third-order valence-electron chi connectivity index (χ3n) is 8.10. The summed E-state index contributed by atoms with van der Waals surface area (Å²) in [7, 11) is 0. The van der Waals surface area contributed by atoms with Gasteiger partial charge in [0.05, 0.1) is 24.2 Å². The number of carbonyl (C=O) groups is 4. The summed E-state index contributed by atoms with van der Waals surface area (Å²) < 4.78 is 22.2. The summed E-state index contributed by atoms with van der Waals surface area (Å²) in [5, 5.41) is 15.0. The van der Waals surface area contributed by atoms with Crippen LogP contribution in [0.15, 0.2) is 24.3 Å². The fourth-order valence-corrected chi connectivity index (χ4v) is 6.28. The molecule has 2 aromatic rings. The quantitative estimate of drug-likeness (QED) is 0.149. The maximum Gasteiger partial charge on any atom is 0.407 e. The first kappa shape index (κ1) is 45.2. The number of anilines is 5. The van der Waals surface area contributed by atoms with Crippen molar-refractivity contribution in [3.8, 4) is 0 Å². The van der Waals surface area contributed by atoms with Crippen LogP contribution in [0.4, 0.5) is 48.4 Å². The van der Waals surface area contributed by atoms with Gasteiger partial charge in [-0.3, -0.25) is 0 Å². The first-order valence-corrected chi connectivity index (χ1v) is 19.5. The van der Waals surface area contributed by atoms with Gasteiger partial charge in [0.1, 0.15) is 22.4 Å². The predicted molar refractivity (Wildman–Crippen MR) is 220 cm³/mol. The highest BCUT2D eigenvalue weighted by atomic mass is 16.6. The normalized spacial score (nSPS) is 20.3. The number of benzene rings is 1. The van der Waals surface area contributed by atoms with E-state index in [0.29, 0.717) is 24.2 Å². The Bertz CT molecular complexity index is 1590. The lowest BCUT2D eigenvalue weighted by molar-refractivity contribution is 0.0452. The molecule has 0 unspecified atom stereocenters. The summed E-state index contributed by atoms with van der Waals surface area (Å²) in [4.78, 5) is 70.1. The molecule has 2 aliphatic rings. The van der Waals surface area contributed by atoms with Gasteiger partial charge in [-0.05, 0) is 114 Å². The van der Waals surface area contributed by atoms with Crippen molar-refractivity contribution < 1.29 is 38.1 Å². The van der Waals surface area contributed by atoms with Crippen LogP contribution in [0.2, 0.25) is 0 Å². The SMILES string of the molecule is CC(C)(C)OC(=O)N[C@@H]1C[C@H](NC(=O)OC(C)(C)C)CN(c2nc(Nc3cccc(N)c3)nc(N3C[C@H](NC(=O)OC(C)(C)C)C[C@H](NC(=O)OC(C)(C)C)C3)n2)C1. The fraction of sp³-hybridized carbons (Fsp3) is 0.667. The van der Waals surface area contributed by atoms with Gasteiger partial charge in [-0.2, -0.15) is 15.0 Å². The molecule has 0 radical (unpaired) electrons. The zero-order chi connectivity index (χ0) is 43.2. The van der Waals surface area contributed by atoms with Gasteiger partial charge in [0, 0.05) is 37.6 Å². The van der Waals surface area contributed by atoms with E-state index in [-0.39, 0.29) is 44.0 Å². The molecule has 4 atom stereocenters. The molecule has 1 aromatic heterocycles. The second kappa shape index (κ2) is 18.0. The average molecular weight is 814 g/mol. The summed E-state index contributed by atoms with van der Waals surface area (Å²) in [5.74, 6) is 0.618. The van der Waals surface area contributed by atoms with Gasteiger partial charge in [-0.1, -0.05) is 6.07 Å². The lowest BCUT2D eigenvalue weighted by atomic mass is 10.0. The molecule has 4 rings (SSSR count). The third kappa shape index (κ3) is 15.8. The fourth-order valence-electron chi connectivity index (χ4n) is 6.28. The molecular weight excluding hydrogens is 750 g/mol. The molecule has 7 N–H and O–H groups in total. The molecule has 2 saturated heterocycles. The molecule has 19 nitrogen and oxygen atoms in total. The zero-order valence-corrected chi connectivity index (χ0v) is 35.9. The second-order valence-corrected chi connectivity index (χ2v) is 18.7. The van der Waals surface area contributed by atoms with Gasteiger partial charge in [-0.25, -0.2) is 19.2 Å². The van der Waals surface area contributed by atoms with Crippen molar-refractivity contribution >= 4 is 53.6 Å². The van der Waals surface area contributed by atoms with Gasteiger partial charge in [0.2, 0.25) is 17.8 Å². The minimum atomic E-state index is -0.738. The van der Waals surface area contributed by atoms with E-state index in [1.165, 1.54) is 0 Å². The lowest BCUT2D eigenvalue weighted by Crippen LogP contribution is -2.59. The van der Waals surface area contributed by atoms with Crippen molar-refractivity contribution in [3.63, 3.8) is 0 Å². The standard InChI is InChI=1S/C39H63N11O8/c1-36(2,3)55-32(51)42-25-17-26(43-33(52)56-37(4,5)6)20-49(19-25)30-46-29(41-24-15-13-14-23(40)16-24)47-31(48-30)50-21-27(44-34(53)57-38(7,8)9)18-28(22-50)45-35(54)58-39(10,11)12/h13-16,25-28H,17-22,40H2,1-12H3,(H,42,51)(H,43,52)(H,44,53)(H,45,54)(H,41,46,47,48)/t25-,26+,27-,28+. The molecule has 0 spiro atoms. The minimum Gasteiger partial charge on any atom is -0.444 e. The molecule has 4 amide bonds. The second-order valence-electron chi connectivity index (χ2n) is 18.7. The number of hydrogen-bond acceptors (Lipinski definition) is 15. The van der Waals surface area contributed by atoms with E-state index in [4.69, 9.17) is 39.6 Å². The Morgan fingerprint density at radius 2 is 0.897 bits per heavy atom. The van der Waals surface area contributed by atoms with Crippen molar-refractivity contribution in [2.75, 3.05) is 47.0 Å². The van der Waals surface area contributed by atoms with E-state index in [0.717, 1.165) is 0 Å². The molecule has 1 aromatic carbocycles. The average Bonchev–Trinajstić information content (AvgIpc) is 3.00. The van der Waals surface area contributed by atoms with Crippen molar-refractivity contribution in [2.45, 2.75) is 142 Å². The number of ether oxygens (including phenoxy) is 4. The van der Waals surface area contributed by atoms with Crippen LogP contribution < -0.4 is 42.1 Å². The minimum absolute atomic E-state index is 0.170. The highest BCUT2D eigenvalue weighted by molar-refractivity contribution is 5.71. The monoisotopic (exact) mass is 813 g/mol.